The Hall–Kier alpha value is -2.85. The average molecular weight is 523 g/mol. The van der Waals surface area contributed by atoms with Crippen molar-refractivity contribution >= 4 is 56.5 Å². The molecule has 1 aliphatic rings. The second kappa shape index (κ2) is 10.6. The highest BCUT2D eigenvalue weighted by atomic mass is 79.9. The van der Waals surface area contributed by atoms with Gasteiger partial charge in [-0.05, 0) is 82.7 Å². The van der Waals surface area contributed by atoms with E-state index in [1.165, 1.54) is 38.1 Å². The SMILES string of the molecule is CCN1C(=O)/C(=C\c2cc(Br)c(OCC(=O)OC)c(OC)c2)SC1=Nc1ccc(F)cc1. The lowest BCUT2D eigenvalue weighted by atomic mass is 10.2. The van der Waals surface area contributed by atoms with Crippen molar-refractivity contribution in [3.8, 4) is 11.5 Å². The van der Waals surface area contributed by atoms with Gasteiger partial charge in [-0.15, -0.1) is 0 Å². The van der Waals surface area contributed by atoms with E-state index in [1.54, 1.807) is 35.2 Å². The molecular formula is C22H20BrFN2O5S. The molecule has 10 heteroatoms. The summed E-state index contributed by atoms with van der Waals surface area (Å²) < 4.78 is 29.2. The number of esters is 1. The number of likely N-dealkylation sites (N-methyl/N-ethyl adjacent to an activating group) is 1. The fraction of sp³-hybridized carbons (Fsp3) is 0.227. The van der Waals surface area contributed by atoms with E-state index in [2.05, 4.69) is 25.7 Å². The van der Waals surface area contributed by atoms with E-state index in [0.717, 1.165) is 0 Å². The number of amidine groups is 1. The molecule has 2 aromatic rings. The first kappa shape index (κ1) is 23.8. The standard InChI is InChI=1S/C22H20BrFN2O5S/c1-4-26-21(28)18(32-22(26)25-15-7-5-14(24)6-8-15)11-13-9-16(23)20(17(10-13)29-2)31-12-19(27)30-3/h5-11H,4,12H2,1-3H3/b18-11+,25-22?. The highest BCUT2D eigenvalue weighted by Gasteiger charge is 2.32. The van der Waals surface area contributed by atoms with Crippen LogP contribution in [0, 0.1) is 5.82 Å². The third-order valence-corrected chi connectivity index (χ3v) is 5.96. The molecule has 3 rings (SSSR count). The van der Waals surface area contributed by atoms with Gasteiger partial charge in [-0.1, -0.05) is 0 Å². The molecule has 0 aromatic heterocycles. The minimum absolute atomic E-state index is 0.181. The number of amides is 1. The predicted molar refractivity (Wildman–Crippen MR) is 125 cm³/mol. The molecule has 0 unspecified atom stereocenters. The van der Waals surface area contributed by atoms with Crippen molar-refractivity contribution in [1.29, 1.82) is 0 Å². The van der Waals surface area contributed by atoms with E-state index < -0.39 is 5.97 Å². The number of nitrogens with zero attached hydrogens (tertiary/aromatic N) is 2. The van der Waals surface area contributed by atoms with E-state index in [0.29, 0.717) is 43.8 Å². The number of methoxy groups -OCH3 is 2. The molecule has 0 spiro atoms. The number of halogens is 2. The molecule has 32 heavy (non-hydrogen) atoms. The van der Waals surface area contributed by atoms with Crippen LogP contribution in [0.3, 0.4) is 0 Å². The van der Waals surface area contributed by atoms with Gasteiger partial charge < -0.3 is 14.2 Å². The number of hydrogen-bond acceptors (Lipinski definition) is 7. The maximum absolute atomic E-state index is 13.2. The number of hydrogen-bond donors (Lipinski definition) is 0. The molecule has 7 nitrogen and oxygen atoms in total. The molecule has 2 aromatic carbocycles. The second-order valence-corrected chi connectivity index (χ2v) is 8.29. The first-order chi connectivity index (χ1) is 15.4. The van der Waals surface area contributed by atoms with E-state index in [9.17, 15) is 14.0 Å². The van der Waals surface area contributed by atoms with Crippen LogP contribution < -0.4 is 9.47 Å². The third kappa shape index (κ3) is 5.49. The Morgan fingerprint density at radius 3 is 2.59 bits per heavy atom. The quantitative estimate of drug-likeness (QED) is 0.385. The van der Waals surface area contributed by atoms with Crippen molar-refractivity contribution in [3.63, 3.8) is 0 Å². The lowest BCUT2D eigenvalue weighted by Crippen LogP contribution is -2.28. The maximum atomic E-state index is 13.2. The van der Waals surface area contributed by atoms with Gasteiger partial charge in [-0.25, -0.2) is 14.2 Å². The molecule has 168 valence electrons. The fourth-order valence-electron chi connectivity index (χ4n) is 2.80. The summed E-state index contributed by atoms with van der Waals surface area (Å²) in [5.41, 5.74) is 1.24. The van der Waals surface area contributed by atoms with E-state index in [-0.39, 0.29) is 18.3 Å². The highest BCUT2D eigenvalue weighted by molar-refractivity contribution is 9.10. The maximum Gasteiger partial charge on any atom is 0.343 e. The van der Waals surface area contributed by atoms with Crippen LogP contribution in [-0.4, -0.2) is 49.3 Å². The summed E-state index contributed by atoms with van der Waals surface area (Å²) in [7, 11) is 2.75. The van der Waals surface area contributed by atoms with E-state index >= 15 is 0 Å². The number of benzene rings is 2. The minimum atomic E-state index is -0.522. The summed E-state index contributed by atoms with van der Waals surface area (Å²) in [5.74, 6) is -0.321. The lowest BCUT2D eigenvalue weighted by Gasteiger charge is -2.13. The van der Waals surface area contributed by atoms with Crippen LogP contribution in [0.25, 0.3) is 6.08 Å². The summed E-state index contributed by atoms with van der Waals surface area (Å²) in [5, 5.41) is 0.513. The van der Waals surface area contributed by atoms with Crippen LogP contribution in [0.15, 0.2) is 50.8 Å². The fourth-order valence-corrected chi connectivity index (χ4v) is 4.44. The largest absolute Gasteiger partial charge is 0.493 e. The zero-order valence-corrected chi connectivity index (χ0v) is 20.0. The molecule has 0 radical (unpaired) electrons. The van der Waals surface area contributed by atoms with E-state index in [1.807, 2.05) is 6.92 Å². The Labute approximate surface area is 197 Å². The topological polar surface area (TPSA) is 77.4 Å². The molecule has 0 saturated carbocycles. The van der Waals surface area contributed by atoms with Crippen molar-refractivity contribution in [1.82, 2.24) is 4.90 Å². The van der Waals surface area contributed by atoms with Crippen LogP contribution in [0.5, 0.6) is 11.5 Å². The van der Waals surface area contributed by atoms with Gasteiger partial charge in [0.05, 0.1) is 29.3 Å². The van der Waals surface area contributed by atoms with Crippen molar-refractivity contribution in [2.24, 2.45) is 4.99 Å². The van der Waals surface area contributed by atoms with Gasteiger partial charge >= 0.3 is 5.97 Å². The normalized spacial score (nSPS) is 16.0. The number of aliphatic imine (C=N–C) groups is 1. The summed E-state index contributed by atoms with van der Waals surface area (Å²) >= 11 is 4.65. The van der Waals surface area contributed by atoms with Crippen LogP contribution in [0.2, 0.25) is 0 Å². The Balaban J connectivity index is 1.90. The Bertz CT molecular complexity index is 1090. The van der Waals surface area contributed by atoms with Crippen molar-refractivity contribution in [2.75, 3.05) is 27.4 Å². The smallest absolute Gasteiger partial charge is 0.343 e. The second-order valence-electron chi connectivity index (χ2n) is 6.43. The number of rotatable bonds is 7. The zero-order valence-electron chi connectivity index (χ0n) is 17.6. The number of carbonyl (C=O) groups is 2. The molecule has 0 atom stereocenters. The first-order valence-electron chi connectivity index (χ1n) is 9.49. The molecule has 1 aliphatic heterocycles. The monoisotopic (exact) mass is 522 g/mol. The van der Waals surface area contributed by atoms with Crippen molar-refractivity contribution in [3.05, 3.63) is 57.2 Å². The van der Waals surface area contributed by atoms with Crippen LogP contribution in [-0.2, 0) is 14.3 Å². The summed E-state index contributed by atoms with van der Waals surface area (Å²) in [6.07, 6.45) is 1.72. The number of ether oxygens (including phenoxy) is 3. The summed E-state index contributed by atoms with van der Waals surface area (Å²) in [4.78, 5) is 30.8. The number of carbonyl (C=O) groups excluding carboxylic acids is 2. The highest BCUT2D eigenvalue weighted by Crippen LogP contribution is 2.39. The van der Waals surface area contributed by atoms with Crippen molar-refractivity contribution in [2.45, 2.75) is 6.92 Å². The van der Waals surface area contributed by atoms with Crippen molar-refractivity contribution < 1.29 is 28.2 Å². The zero-order chi connectivity index (χ0) is 23.3. The van der Waals surface area contributed by atoms with Gasteiger partial charge in [0, 0.05) is 6.54 Å². The molecule has 1 heterocycles. The van der Waals surface area contributed by atoms with Crippen LogP contribution in [0.4, 0.5) is 10.1 Å². The number of thioether (sulfide) groups is 1. The molecule has 1 saturated heterocycles. The molecule has 1 fully saturated rings. The van der Waals surface area contributed by atoms with Gasteiger partial charge in [0.1, 0.15) is 5.82 Å². The van der Waals surface area contributed by atoms with Gasteiger partial charge in [-0.2, -0.15) is 0 Å². The Morgan fingerprint density at radius 1 is 1.25 bits per heavy atom. The van der Waals surface area contributed by atoms with Crippen LogP contribution >= 0.6 is 27.7 Å². The summed E-state index contributed by atoms with van der Waals surface area (Å²) in [6.45, 7) is 2.03. The first-order valence-corrected chi connectivity index (χ1v) is 11.1. The van der Waals surface area contributed by atoms with Gasteiger partial charge in [-0.3, -0.25) is 9.69 Å². The molecule has 1 amide bonds. The van der Waals surface area contributed by atoms with Gasteiger partial charge in [0.2, 0.25) is 0 Å². The van der Waals surface area contributed by atoms with Gasteiger partial charge in [0.15, 0.2) is 23.3 Å². The predicted octanol–water partition coefficient (Wildman–Crippen LogP) is 4.77. The third-order valence-electron chi connectivity index (χ3n) is 4.37. The molecule has 0 N–H and O–H groups in total. The molecule has 0 bridgehead atoms. The molecular weight excluding hydrogens is 503 g/mol. The Morgan fingerprint density at radius 2 is 1.97 bits per heavy atom. The molecule has 0 aliphatic carbocycles. The minimum Gasteiger partial charge on any atom is -0.493 e. The lowest BCUT2D eigenvalue weighted by molar-refractivity contribution is -0.143. The van der Waals surface area contributed by atoms with Gasteiger partial charge in [0.25, 0.3) is 5.91 Å². The Kier molecular flexibility index (Phi) is 7.92. The van der Waals surface area contributed by atoms with Crippen LogP contribution in [0.1, 0.15) is 12.5 Å². The average Bonchev–Trinajstić information content (AvgIpc) is 3.07. The summed E-state index contributed by atoms with van der Waals surface area (Å²) in [6, 6.07) is 9.20. The van der Waals surface area contributed by atoms with E-state index in [4.69, 9.17) is 9.47 Å².